The van der Waals surface area contributed by atoms with Gasteiger partial charge in [0.05, 0.1) is 13.2 Å². The van der Waals surface area contributed by atoms with Gasteiger partial charge in [-0.15, -0.1) is 5.10 Å². The summed E-state index contributed by atoms with van der Waals surface area (Å²) in [6.45, 7) is 1.20. The number of anilines is 1. The fourth-order valence-electron chi connectivity index (χ4n) is 2.76. The van der Waals surface area contributed by atoms with Crippen molar-refractivity contribution in [1.29, 1.82) is 0 Å². The second kappa shape index (κ2) is 6.82. The van der Waals surface area contributed by atoms with E-state index in [0.29, 0.717) is 24.7 Å². The first kappa shape index (κ1) is 15.5. The number of aromatic nitrogens is 3. The number of allylic oxidation sites excluding steroid dienone is 4. The summed E-state index contributed by atoms with van der Waals surface area (Å²) < 4.78 is 1.78. The smallest absolute Gasteiger partial charge is 0.200 e. The third-order valence-corrected chi connectivity index (χ3v) is 4.10. The Morgan fingerprint density at radius 3 is 3.20 bits per heavy atom. The Morgan fingerprint density at radius 2 is 2.28 bits per heavy atom. The molecule has 0 amide bonds. The molecule has 4 heterocycles. The maximum Gasteiger partial charge on any atom is 0.200 e. The quantitative estimate of drug-likeness (QED) is 0.890. The standard InChI is InChI=1S/C18H18N6O/c25-12-13-11-19-9-7-14(13)21-18-16-6-4-10-24(16)23-17(22-18)15-5-2-1-3-8-20-15/h1-7,9-10,13,25H,8,11-12H2,(H,21,22,23). The second-order valence-electron chi connectivity index (χ2n) is 5.78. The average molecular weight is 334 g/mol. The molecule has 0 spiro atoms. The van der Waals surface area contributed by atoms with Crippen molar-refractivity contribution < 1.29 is 5.11 Å². The van der Waals surface area contributed by atoms with Crippen LogP contribution in [0.5, 0.6) is 0 Å². The molecule has 0 fully saturated rings. The van der Waals surface area contributed by atoms with E-state index in [1.807, 2.05) is 48.7 Å². The van der Waals surface area contributed by atoms with E-state index >= 15 is 0 Å². The molecule has 2 aromatic rings. The number of nitrogens with zero attached hydrogens (tertiary/aromatic N) is 5. The van der Waals surface area contributed by atoms with E-state index in [0.717, 1.165) is 16.9 Å². The Bertz CT molecular complexity index is 934. The zero-order chi connectivity index (χ0) is 17.1. The van der Waals surface area contributed by atoms with E-state index in [2.05, 4.69) is 25.4 Å². The molecule has 25 heavy (non-hydrogen) atoms. The van der Waals surface area contributed by atoms with Crippen LogP contribution in [0.4, 0.5) is 5.82 Å². The van der Waals surface area contributed by atoms with Crippen molar-refractivity contribution in [2.45, 2.75) is 0 Å². The van der Waals surface area contributed by atoms with E-state index in [-0.39, 0.29) is 12.5 Å². The topological polar surface area (TPSA) is 87.2 Å². The number of hydrogen-bond acceptors (Lipinski definition) is 6. The van der Waals surface area contributed by atoms with Crippen molar-refractivity contribution in [2.75, 3.05) is 25.0 Å². The zero-order valence-corrected chi connectivity index (χ0v) is 13.6. The predicted octanol–water partition coefficient (Wildman–Crippen LogP) is 1.63. The lowest BCUT2D eigenvalue weighted by Crippen LogP contribution is -2.22. The Balaban J connectivity index is 1.75. The van der Waals surface area contributed by atoms with E-state index in [1.54, 1.807) is 10.7 Å². The highest BCUT2D eigenvalue weighted by Gasteiger charge is 2.18. The van der Waals surface area contributed by atoms with Gasteiger partial charge in [0, 0.05) is 30.6 Å². The molecule has 4 rings (SSSR count). The van der Waals surface area contributed by atoms with Gasteiger partial charge in [0.25, 0.3) is 0 Å². The zero-order valence-electron chi connectivity index (χ0n) is 13.6. The van der Waals surface area contributed by atoms with Crippen LogP contribution in [0, 0.1) is 5.92 Å². The number of aliphatic imine (C=N–C) groups is 2. The summed E-state index contributed by atoms with van der Waals surface area (Å²) >= 11 is 0. The SMILES string of the molecule is OCC1CN=CC=C1Nc1nc(C2=NCC=CC=C2)nn2cccc12. The lowest BCUT2D eigenvalue weighted by Gasteiger charge is -2.20. The molecule has 0 aliphatic carbocycles. The number of nitrogens with one attached hydrogen (secondary N) is 1. The highest BCUT2D eigenvalue weighted by molar-refractivity contribution is 6.06. The Morgan fingerprint density at radius 1 is 1.32 bits per heavy atom. The molecule has 2 aliphatic heterocycles. The molecule has 0 radical (unpaired) electrons. The minimum atomic E-state index is -0.0576. The van der Waals surface area contributed by atoms with Gasteiger partial charge in [-0.05, 0) is 24.3 Å². The molecule has 0 aromatic carbocycles. The van der Waals surface area contributed by atoms with Crippen LogP contribution in [0.25, 0.3) is 5.52 Å². The second-order valence-corrected chi connectivity index (χ2v) is 5.78. The Kier molecular flexibility index (Phi) is 4.22. The van der Waals surface area contributed by atoms with Gasteiger partial charge < -0.3 is 10.4 Å². The molecule has 2 aromatic heterocycles. The van der Waals surface area contributed by atoms with Gasteiger partial charge in [-0.3, -0.25) is 9.98 Å². The summed E-state index contributed by atoms with van der Waals surface area (Å²) in [5.74, 6) is 1.18. The molecule has 7 nitrogen and oxygen atoms in total. The van der Waals surface area contributed by atoms with Gasteiger partial charge >= 0.3 is 0 Å². The van der Waals surface area contributed by atoms with Crippen LogP contribution >= 0.6 is 0 Å². The van der Waals surface area contributed by atoms with Crippen LogP contribution in [-0.4, -0.2) is 51.3 Å². The lowest BCUT2D eigenvalue weighted by atomic mass is 10.0. The molecule has 1 unspecified atom stereocenters. The molecule has 7 heteroatoms. The number of dihydropyridines is 1. The minimum absolute atomic E-state index is 0.0343. The molecule has 126 valence electrons. The molecule has 0 bridgehead atoms. The van der Waals surface area contributed by atoms with Gasteiger partial charge in [0.15, 0.2) is 11.6 Å². The first-order valence-electron chi connectivity index (χ1n) is 8.16. The summed E-state index contributed by atoms with van der Waals surface area (Å²) in [6.07, 6.45) is 13.3. The van der Waals surface area contributed by atoms with Crippen LogP contribution in [0.2, 0.25) is 0 Å². The van der Waals surface area contributed by atoms with Crippen molar-refractivity contribution in [1.82, 2.24) is 14.6 Å². The highest BCUT2D eigenvalue weighted by Crippen LogP contribution is 2.21. The number of rotatable bonds is 4. The number of fused-ring (bicyclic) bond motifs is 1. The first-order valence-corrected chi connectivity index (χ1v) is 8.16. The summed E-state index contributed by atoms with van der Waals surface area (Å²) in [4.78, 5) is 13.4. The molecule has 0 saturated carbocycles. The van der Waals surface area contributed by atoms with Gasteiger partial charge in [0.2, 0.25) is 0 Å². The van der Waals surface area contributed by atoms with E-state index in [1.165, 1.54) is 0 Å². The molecule has 2 N–H and O–H groups in total. The van der Waals surface area contributed by atoms with Gasteiger partial charge in [-0.1, -0.05) is 18.2 Å². The third kappa shape index (κ3) is 3.14. The molecular formula is C18H18N6O. The van der Waals surface area contributed by atoms with Crippen LogP contribution in [0.15, 0.2) is 64.4 Å². The van der Waals surface area contributed by atoms with E-state index < -0.39 is 0 Å². The Labute approximate surface area is 144 Å². The van der Waals surface area contributed by atoms with Crippen LogP contribution in [-0.2, 0) is 0 Å². The predicted molar refractivity (Wildman–Crippen MR) is 98.3 cm³/mol. The molecular weight excluding hydrogens is 316 g/mol. The minimum Gasteiger partial charge on any atom is -0.396 e. The van der Waals surface area contributed by atoms with Crippen LogP contribution < -0.4 is 5.32 Å². The number of hydrogen-bond donors (Lipinski definition) is 2. The van der Waals surface area contributed by atoms with Crippen molar-refractivity contribution in [2.24, 2.45) is 15.9 Å². The Hall–Kier alpha value is -3.06. The molecule has 1 atom stereocenters. The summed E-state index contributed by atoms with van der Waals surface area (Å²) in [5, 5.41) is 17.5. The number of aliphatic hydroxyl groups is 1. The molecule has 0 saturated heterocycles. The third-order valence-electron chi connectivity index (χ3n) is 4.10. The van der Waals surface area contributed by atoms with E-state index in [4.69, 9.17) is 0 Å². The van der Waals surface area contributed by atoms with E-state index in [9.17, 15) is 5.11 Å². The van der Waals surface area contributed by atoms with Crippen molar-refractivity contribution in [3.63, 3.8) is 0 Å². The summed E-state index contributed by atoms with van der Waals surface area (Å²) in [7, 11) is 0. The fourth-order valence-corrected chi connectivity index (χ4v) is 2.76. The fraction of sp³-hybridized carbons (Fsp3) is 0.222. The van der Waals surface area contributed by atoms with Crippen LogP contribution in [0.1, 0.15) is 5.82 Å². The van der Waals surface area contributed by atoms with Gasteiger partial charge in [-0.25, -0.2) is 9.50 Å². The molecule has 2 aliphatic rings. The summed E-state index contributed by atoms with van der Waals surface area (Å²) in [5.41, 5.74) is 2.49. The maximum atomic E-state index is 9.57. The normalized spacial score (nSPS) is 19.6. The lowest BCUT2D eigenvalue weighted by molar-refractivity contribution is 0.250. The highest BCUT2D eigenvalue weighted by atomic mass is 16.3. The van der Waals surface area contributed by atoms with Crippen molar-refractivity contribution in [3.8, 4) is 0 Å². The average Bonchev–Trinajstić information content (AvgIpc) is 2.95. The van der Waals surface area contributed by atoms with Crippen molar-refractivity contribution >= 4 is 23.3 Å². The van der Waals surface area contributed by atoms with Crippen LogP contribution in [0.3, 0.4) is 0 Å². The summed E-state index contributed by atoms with van der Waals surface area (Å²) in [6, 6.07) is 3.87. The number of aliphatic hydroxyl groups excluding tert-OH is 1. The van der Waals surface area contributed by atoms with Crippen molar-refractivity contribution in [3.05, 3.63) is 60.2 Å². The van der Waals surface area contributed by atoms with Gasteiger partial charge in [0.1, 0.15) is 11.2 Å². The first-order chi connectivity index (χ1) is 12.3. The maximum absolute atomic E-state index is 9.57. The monoisotopic (exact) mass is 334 g/mol. The van der Waals surface area contributed by atoms with Gasteiger partial charge in [-0.2, -0.15) is 0 Å². The largest absolute Gasteiger partial charge is 0.396 e.